The molecule has 0 aliphatic carbocycles. The van der Waals surface area contributed by atoms with E-state index in [9.17, 15) is 0 Å². The van der Waals surface area contributed by atoms with Crippen molar-refractivity contribution in [2.45, 2.75) is 6.92 Å². The Bertz CT molecular complexity index is 30.5. The van der Waals surface area contributed by atoms with E-state index in [1.165, 1.54) is 0 Å². The summed E-state index contributed by atoms with van der Waals surface area (Å²) in [4.78, 5) is 0. The van der Waals surface area contributed by atoms with Gasteiger partial charge in [-0.1, -0.05) is 6.92 Å². The van der Waals surface area contributed by atoms with Crippen LogP contribution in [0.25, 0.3) is 0 Å². The first-order chi connectivity index (χ1) is 2.73. The maximum absolute atomic E-state index is 3.69. The standard InChI is InChI=1S/C4H7.BrH.Ni/c1-4(2)3;;/h1-2H2,3H3;1H;/q-1;;+1/p-1. The molecular weight excluding hydrogens is 187 g/mol. The molecule has 0 radical (unpaired) electrons. The summed E-state index contributed by atoms with van der Waals surface area (Å²) in [7, 11) is 0. The van der Waals surface area contributed by atoms with Crippen molar-refractivity contribution in [1.29, 1.82) is 0 Å². The molecule has 0 unspecified atom stereocenters. The molecule has 0 amide bonds. The van der Waals surface area contributed by atoms with Crippen molar-refractivity contribution in [3.8, 4) is 0 Å². The number of halogens is 1. The van der Waals surface area contributed by atoms with Gasteiger partial charge in [-0.05, 0) is 0 Å². The number of hydrogen-bond donors (Lipinski definition) is 0. The van der Waals surface area contributed by atoms with E-state index in [2.05, 4.69) is 41.4 Å². The summed E-state index contributed by atoms with van der Waals surface area (Å²) in [5.74, 6) is 0. The fourth-order valence-corrected chi connectivity index (χ4v) is 0. The first-order valence-corrected chi connectivity index (χ1v) is 3.77. The van der Waals surface area contributed by atoms with Gasteiger partial charge in [-0.15, -0.1) is 0 Å². The summed E-state index contributed by atoms with van der Waals surface area (Å²) in [6.45, 7) is 8.75. The van der Waals surface area contributed by atoms with Gasteiger partial charge in [0, 0.05) is 0 Å². The minimum atomic E-state index is 0.917. The van der Waals surface area contributed by atoms with Gasteiger partial charge in [0.1, 0.15) is 0 Å². The molecule has 0 spiro atoms. The van der Waals surface area contributed by atoms with Crippen LogP contribution in [-0.2, 0) is 13.7 Å². The molecule has 0 saturated heterocycles. The van der Waals surface area contributed by atoms with Gasteiger partial charge in [0.2, 0.25) is 0 Å². The molecule has 0 aromatic rings. The van der Waals surface area contributed by atoms with E-state index < -0.39 is 0 Å². The van der Waals surface area contributed by atoms with Gasteiger partial charge in [-0.3, -0.25) is 0 Å². The topological polar surface area (TPSA) is 0 Å². The molecule has 0 aliphatic heterocycles. The van der Waals surface area contributed by atoms with Gasteiger partial charge in [0.15, 0.2) is 0 Å². The Hall–Kier alpha value is 0.584. The number of rotatable bonds is 0. The van der Waals surface area contributed by atoms with E-state index in [-0.39, 0.29) is 0 Å². The zero-order valence-electron chi connectivity index (χ0n) is 3.61. The van der Waals surface area contributed by atoms with E-state index in [0.29, 0.717) is 0 Å². The molecule has 2 heteroatoms. The first-order valence-electron chi connectivity index (χ1n) is 1.33. The molecule has 0 rings (SSSR count). The van der Waals surface area contributed by atoms with Crippen LogP contribution in [0.4, 0.5) is 0 Å². The van der Waals surface area contributed by atoms with Crippen LogP contribution in [0.1, 0.15) is 6.92 Å². The van der Waals surface area contributed by atoms with E-state index in [1.807, 2.05) is 6.92 Å². The van der Waals surface area contributed by atoms with Gasteiger partial charge in [0.25, 0.3) is 0 Å². The Morgan fingerprint density at radius 1 is 1.83 bits per heavy atom. The van der Waals surface area contributed by atoms with Crippen LogP contribution in [0.2, 0.25) is 0 Å². The third-order valence-corrected chi connectivity index (χ3v) is 0. The Morgan fingerprint density at radius 3 is 1.83 bits per heavy atom. The second kappa shape index (κ2) is 9.13. The zero-order valence-corrected chi connectivity index (χ0v) is 6.18. The molecule has 0 aromatic carbocycles. The Balaban J connectivity index is 0. The van der Waals surface area contributed by atoms with Crippen molar-refractivity contribution in [1.82, 2.24) is 0 Å². The molecule has 0 heterocycles. The molecule has 0 bridgehead atoms. The molecule has 0 atom stereocenters. The fourth-order valence-electron chi connectivity index (χ4n) is 0. The predicted octanol–water partition coefficient (Wildman–Crippen LogP) is 2.24. The summed E-state index contributed by atoms with van der Waals surface area (Å²) in [6, 6.07) is 0. The Labute approximate surface area is 54.2 Å². The minimum absolute atomic E-state index is 0.917. The van der Waals surface area contributed by atoms with Crippen molar-refractivity contribution in [3.05, 3.63) is 19.1 Å². The second-order valence-corrected chi connectivity index (χ2v) is 0.957. The van der Waals surface area contributed by atoms with Crippen LogP contribution < -0.4 is 0 Å². The Morgan fingerprint density at radius 2 is 1.83 bits per heavy atom. The average Bonchev–Trinajstić information content (AvgIpc) is 1.41. The van der Waals surface area contributed by atoms with Gasteiger partial charge in [-0.2, -0.15) is 0 Å². The fraction of sp³-hybridized carbons (Fsp3) is 0.250. The van der Waals surface area contributed by atoms with Gasteiger partial charge in [0.05, 0.1) is 0 Å². The van der Waals surface area contributed by atoms with Crippen molar-refractivity contribution < 1.29 is 13.7 Å². The second-order valence-electron chi connectivity index (χ2n) is 0.957. The monoisotopic (exact) mass is 192 g/mol. The van der Waals surface area contributed by atoms with E-state index in [4.69, 9.17) is 0 Å². The van der Waals surface area contributed by atoms with Crippen LogP contribution in [0.15, 0.2) is 12.2 Å². The van der Waals surface area contributed by atoms with Gasteiger partial charge >= 0.3 is 27.9 Å². The summed E-state index contributed by atoms with van der Waals surface area (Å²) in [5, 5.41) is 0. The molecule has 0 aliphatic rings. The van der Waals surface area contributed by atoms with E-state index in [1.54, 1.807) is 0 Å². The summed E-state index contributed by atoms with van der Waals surface area (Å²) >= 11 is 6.25. The zero-order chi connectivity index (χ0) is 5.58. The van der Waals surface area contributed by atoms with E-state index >= 15 is 0 Å². The van der Waals surface area contributed by atoms with Crippen LogP contribution in [0, 0.1) is 6.92 Å². The quantitative estimate of drug-likeness (QED) is 0.409. The van der Waals surface area contributed by atoms with Crippen LogP contribution in [0.3, 0.4) is 0 Å². The molecule has 6 heavy (non-hydrogen) atoms. The number of hydrogen-bond acceptors (Lipinski definition) is 0. The van der Waals surface area contributed by atoms with Crippen molar-refractivity contribution in [3.63, 3.8) is 0 Å². The maximum atomic E-state index is 3.69. The molecular formula is C4H7BrNi-. The predicted molar refractivity (Wildman–Crippen MR) is 29.1 cm³/mol. The molecule has 0 saturated carbocycles. The summed E-state index contributed by atoms with van der Waals surface area (Å²) < 4.78 is 0. The summed E-state index contributed by atoms with van der Waals surface area (Å²) in [6.07, 6.45) is 0. The summed E-state index contributed by atoms with van der Waals surface area (Å²) in [5.41, 5.74) is 0.917. The molecule has 0 nitrogen and oxygen atoms in total. The van der Waals surface area contributed by atoms with E-state index in [0.717, 1.165) is 5.57 Å². The number of allylic oxidation sites excluding steroid dienone is 1. The molecule has 0 aromatic heterocycles. The molecule has 41 valence electrons. The SMILES string of the molecule is C=C([CH2-])C.[Ni][Br]. The van der Waals surface area contributed by atoms with Crippen LogP contribution in [-0.4, -0.2) is 0 Å². The van der Waals surface area contributed by atoms with Crippen molar-refractivity contribution in [2.75, 3.05) is 0 Å². The van der Waals surface area contributed by atoms with Crippen molar-refractivity contribution in [2.24, 2.45) is 0 Å². The molecule has 0 N–H and O–H groups in total. The average molecular weight is 194 g/mol. The van der Waals surface area contributed by atoms with Crippen molar-refractivity contribution >= 4 is 14.2 Å². The third kappa shape index (κ3) is 173. The normalized spacial score (nSPS) is 5.33. The third-order valence-electron chi connectivity index (χ3n) is 0. The van der Waals surface area contributed by atoms with Gasteiger partial charge in [-0.25, -0.2) is 19.1 Å². The van der Waals surface area contributed by atoms with Crippen LogP contribution in [0.5, 0.6) is 0 Å². The Kier molecular flexibility index (Phi) is 14.9. The van der Waals surface area contributed by atoms with Crippen LogP contribution >= 0.6 is 14.2 Å². The first kappa shape index (κ1) is 9.77. The molecule has 0 fully saturated rings. The van der Waals surface area contributed by atoms with Gasteiger partial charge < -0.3 is 0 Å².